The van der Waals surface area contributed by atoms with Crippen molar-refractivity contribution in [3.8, 4) is 5.75 Å². The molecule has 0 saturated carbocycles. The number of nitrogens with one attached hydrogen (secondary N) is 2. The summed E-state index contributed by atoms with van der Waals surface area (Å²) in [4.78, 5) is 11.9. The number of hydrogen-bond acceptors (Lipinski definition) is 3. The highest BCUT2D eigenvalue weighted by Crippen LogP contribution is 2.16. The molecule has 118 valence electrons. The monoisotopic (exact) mass is 312 g/mol. The van der Waals surface area contributed by atoms with Crippen LogP contribution < -0.4 is 15.4 Å². The van der Waals surface area contributed by atoms with Crippen LogP contribution in [0.5, 0.6) is 5.75 Å². The van der Waals surface area contributed by atoms with E-state index in [1.165, 1.54) is 11.1 Å². The zero-order valence-electron chi connectivity index (χ0n) is 12.9. The second kappa shape index (κ2) is 8.25. The molecule has 0 aliphatic carbocycles. The van der Waals surface area contributed by atoms with Crippen LogP contribution in [0.25, 0.3) is 0 Å². The molecule has 1 fully saturated rings. The number of benzene rings is 1. The van der Waals surface area contributed by atoms with Crippen molar-refractivity contribution in [3.05, 3.63) is 29.3 Å². The largest absolute Gasteiger partial charge is 0.484 e. The van der Waals surface area contributed by atoms with Gasteiger partial charge in [-0.2, -0.15) is 0 Å². The van der Waals surface area contributed by atoms with E-state index in [1.54, 1.807) is 0 Å². The number of hydrogen-bond donors (Lipinski definition) is 2. The number of aryl methyl sites for hydroxylation is 2. The number of halogens is 1. The van der Waals surface area contributed by atoms with Gasteiger partial charge in [0.15, 0.2) is 6.61 Å². The van der Waals surface area contributed by atoms with E-state index in [-0.39, 0.29) is 31.0 Å². The van der Waals surface area contributed by atoms with Gasteiger partial charge in [0.1, 0.15) is 5.75 Å². The van der Waals surface area contributed by atoms with Crippen molar-refractivity contribution < 1.29 is 9.53 Å². The summed E-state index contributed by atoms with van der Waals surface area (Å²) in [6.45, 7) is 7.31. The van der Waals surface area contributed by atoms with Crippen LogP contribution in [0.3, 0.4) is 0 Å². The first-order valence-electron chi connectivity index (χ1n) is 7.29. The van der Waals surface area contributed by atoms with E-state index in [4.69, 9.17) is 4.74 Å². The fraction of sp³-hybridized carbons (Fsp3) is 0.562. The SMILES string of the molecule is Cc1ccc(OCC(=O)NC2CCCNC2C)cc1C.Cl. The maximum absolute atomic E-state index is 11.9. The van der Waals surface area contributed by atoms with Gasteiger partial charge in [-0.15, -0.1) is 12.4 Å². The molecule has 1 aromatic rings. The molecule has 5 heteroatoms. The van der Waals surface area contributed by atoms with Crippen LogP contribution in [-0.4, -0.2) is 31.1 Å². The summed E-state index contributed by atoms with van der Waals surface area (Å²) in [5, 5.41) is 6.41. The predicted octanol–water partition coefficient (Wildman–Crippen LogP) is 2.36. The maximum Gasteiger partial charge on any atom is 0.258 e. The van der Waals surface area contributed by atoms with Crippen LogP contribution in [-0.2, 0) is 4.79 Å². The predicted molar refractivity (Wildman–Crippen MR) is 87.3 cm³/mol. The van der Waals surface area contributed by atoms with E-state index in [1.807, 2.05) is 25.1 Å². The molecular formula is C16H25ClN2O2. The fourth-order valence-electron chi connectivity index (χ4n) is 2.44. The molecule has 0 bridgehead atoms. The lowest BCUT2D eigenvalue weighted by molar-refractivity contribution is -0.124. The lowest BCUT2D eigenvalue weighted by atomic mass is 10.00. The Morgan fingerprint density at radius 3 is 2.81 bits per heavy atom. The first kappa shape index (κ1) is 17.8. The van der Waals surface area contributed by atoms with Crippen LogP contribution in [0, 0.1) is 13.8 Å². The highest BCUT2D eigenvalue weighted by atomic mass is 35.5. The van der Waals surface area contributed by atoms with E-state index in [0.29, 0.717) is 6.04 Å². The van der Waals surface area contributed by atoms with Gasteiger partial charge in [0.05, 0.1) is 0 Å². The Morgan fingerprint density at radius 2 is 2.14 bits per heavy atom. The Kier molecular flexibility index (Phi) is 6.99. The molecule has 0 aromatic heterocycles. The Labute approximate surface area is 133 Å². The summed E-state index contributed by atoms with van der Waals surface area (Å²) >= 11 is 0. The Morgan fingerprint density at radius 1 is 1.38 bits per heavy atom. The highest BCUT2D eigenvalue weighted by Gasteiger charge is 2.22. The van der Waals surface area contributed by atoms with Crippen molar-refractivity contribution in [2.24, 2.45) is 0 Å². The lowest BCUT2D eigenvalue weighted by Crippen LogP contribution is -2.52. The topological polar surface area (TPSA) is 50.4 Å². The van der Waals surface area contributed by atoms with Gasteiger partial charge in [0, 0.05) is 12.1 Å². The van der Waals surface area contributed by atoms with Gasteiger partial charge < -0.3 is 15.4 Å². The average molecular weight is 313 g/mol. The van der Waals surface area contributed by atoms with Gasteiger partial charge in [-0.25, -0.2) is 0 Å². The Balaban J connectivity index is 0.00000220. The van der Waals surface area contributed by atoms with E-state index >= 15 is 0 Å². The maximum atomic E-state index is 11.9. The van der Waals surface area contributed by atoms with E-state index in [9.17, 15) is 4.79 Å². The summed E-state index contributed by atoms with van der Waals surface area (Å²) in [7, 11) is 0. The van der Waals surface area contributed by atoms with Crippen molar-refractivity contribution in [1.29, 1.82) is 0 Å². The summed E-state index contributed by atoms with van der Waals surface area (Å²) in [6, 6.07) is 6.41. The van der Waals surface area contributed by atoms with Crippen molar-refractivity contribution in [1.82, 2.24) is 10.6 Å². The molecule has 1 aliphatic heterocycles. The van der Waals surface area contributed by atoms with Crippen molar-refractivity contribution >= 4 is 18.3 Å². The number of carbonyl (C=O) groups excluding carboxylic acids is 1. The van der Waals surface area contributed by atoms with Crippen LogP contribution in [0.2, 0.25) is 0 Å². The van der Waals surface area contributed by atoms with Crippen LogP contribution >= 0.6 is 12.4 Å². The summed E-state index contributed by atoms with van der Waals surface area (Å²) in [5.74, 6) is 0.696. The first-order valence-corrected chi connectivity index (χ1v) is 7.29. The normalized spacial score (nSPS) is 21.3. The summed E-state index contributed by atoms with van der Waals surface area (Å²) < 4.78 is 5.55. The standard InChI is InChI=1S/C16H24N2O2.ClH/c1-11-6-7-14(9-12(11)2)20-10-16(19)18-15-5-4-8-17-13(15)3;/h6-7,9,13,15,17H,4-5,8,10H2,1-3H3,(H,18,19);1H. The minimum absolute atomic E-state index is 0. The zero-order valence-corrected chi connectivity index (χ0v) is 13.8. The van der Waals surface area contributed by atoms with Crippen molar-refractivity contribution in [2.45, 2.75) is 45.7 Å². The Bertz CT molecular complexity index is 479. The van der Waals surface area contributed by atoms with E-state index in [0.717, 1.165) is 25.1 Å². The molecule has 0 spiro atoms. The first-order chi connectivity index (χ1) is 9.56. The third-order valence-electron chi connectivity index (χ3n) is 3.96. The third kappa shape index (κ3) is 5.21. The average Bonchev–Trinajstić information content (AvgIpc) is 2.43. The molecule has 4 nitrogen and oxygen atoms in total. The van der Waals surface area contributed by atoms with Crippen molar-refractivity contribution in [2.75, 3.05) is 13.2 Å². The molecule has 21 heavy (non-hydrogen) atoms. The lowest BCUT2D eigenvalue weighted by Gasteiger charge is -2.30. The molecular weight excluding hydrogens is 288 g/mol. The van der Waals surface area contributed by atoms with Gasteiger partial charge in [0.2, 0.25) is 0 Å². The van der Waals surface area contributed by atoms with Crippen LogP contribution in [0.4, 0.5) is 0 Å². The molecule has 1 saturated heterocycles. The van der Waals surface area contributed by atoms with Gasteiger partial charge >= 0.3 is 0 Å². The number of rotatable bonds is 4. The van der Waals surface area contributed by atoms with Crippen molar-refractivity contribution in [3.63, 3.8) is 0 Å². The summed E-state index contributed by atoms with van der Waals surface area (Å²) in [5.41, 5.74) is 2.40. The minimum atomic E-state index is -0.0521. The molecule has 2 unspecified atom stereocenters. The second-order valence-electron chi connectivity index (χ2n) is 5.59. The Hall–Kier alpha value is -1.26. The molecule has 2 rings (SSSR count). The molecule has 1 aromatic carbocycles. The van der Waals surface area contributed by atoms with E-state index in [2.05, 4.69) is 24.5 Å². The molecule has 1 amide bonds. The van der Waals surface area contributed by atoms with Gasteiger partial charge in [-0.1, -0.05) is 6.07 Å². The zero-order chi connectivity index (χ0) is 14.5. The second-order valence-corrected chi connectivity index (χ2v) is 5.59. The fourth-order valence-corrected chi connectivity index (χ4v) is 2.44. The smallest absolute Gasteiger partial charge is 0.258 e. The molecule has 2 atom stereocenters. The summed E-state index contributed by atoms with van der Waals surface area (Å²) in [6.07, 6.45) is 2.14. The molecule has 1 aliphatic rings. The molecule has 2 N–H and O–H groups in total. The highest BCUT2D eigenvalue weighted by molar-refractivity contribution is 5.85. The minimum Gasteiger partial charge on any atom is -0.484 e. The van der Waals surface area contributed by atoms with Crippen LogP contribution in [0.1, 0.15) is 30.9 Å². The number of piperidine rings is 1. The molecule has 0 radical (unpaired) electrons. The number of ether oxygens (including phenoxy) is 1. The van der Waals surface area contributed by atoms with Gasteiger partial charge in [0.25, 0.3) is 5.91 Å². The third-order valence-corrected chi connectivity index (χ3v) is 3.96. The van der Waals surface area contributed by atoms with E-state index < -0.39 is 0 Å². The number of carbonyl (C=O) groups is 1. The van der Waals surface area contributed by atoms with Gasteiger partial charge in [-0.3, -0.25) is 4.79 Å². The van der Waals surface area contributed by atoms with Gasteiger partial charge in [-0.05, 0) is 63.4 Å². The van der Waals surface area contributed by atoms with Crippen LogP contribution in [0.15, 0.2) is 18.2 Å². The quantitative estimate of drug-likeness (QED) is 0.897. The molecule has 1 heterocycles. The number of amides is 1.